The molecule has 0 bridgehead atoms. The summed E-state index contributed by atoms with van der Waals surface area (Å²) in [5.41, 5.74) is 1.78. The highest BCUT2D eigenvalue weighted by Crippen LogP contribution is 2.52. The average molecular weight is 446 g/mol. The Balaban J connectivity index is 1.64. The first-order valence-corrected chi connectivity index (χ1v) is 10.9. The highest BCUT2D eigenvalue weighted by Gasteiger charge is 2.63. The van der Waals surface area contributed by atoms with E-state index in [0.29, 0.717) is 16.8 Å². The van der Waals surface area contributed by atoms with Gasteiger partial charge in [0.15, 0.2) is 10.5 Å². The fourth-order valence-corrected chi connectivity index (χ4v) is 4.55. The topological polar surface area (TPSA) is 77.6 Å². The fraction of sp³-hybridized carbons (Fsp3) is 0.0714. The van der Waals surface area contributed by atoms with E-state index in [0.717, 1.165) is 11.3 Å². The molecule has 0 spiro atoms. The van der Waals surface area contributed by atoms with E-state index in [1.807, 2.05) is 91.0 Å². The van der Waals surface area contributed by atoms with Crippen molar-refractivity contribution in [3.05, 3.63) is 137 Å². The van der Waals surface area contributed by atoms with Crippen molar-refractivity contribution in [1.29, 1.82) is 5.39 Å². The second-order valence-corrected chi connectivity index (χ2v) is 8.10. The fourth-order valence-electron chi connectivity index (χ4n) is 4.55. The van der Waals surface area contributed by atoms with Crippen LogP contribution in [-0.2, 0) is 10.3 Å². The van der Waals surface area contributed by atoms with Crippen molar-refractivity contribution in [1.82, 2.24) is 5.32 Å². The first kappa shape index (κ1) is 21.1. The van der Waals surface area contributed by atoms with Gasteiger partial charge in [-0.2, -0.15) is 0 Å². The molecule has 4 aromatic rings. The van der Waals surface area contributed by atoms with Gasteiger partial charge < -0.3 is 5.32 Å². The number of carbonyl (C=O) groups is 2. The Labute approximate surface area is 197 Å². The number of benzene rings is 4. The normalized spacial score (nSPS) is 19.1. The lowest BCUT2D eigenvalue weighted by Gasteiger charge is -2.56. The molecule has 5 rings (SSSR count). The number of hydrogen-bond donors (Lipinski definition) is 1. The summed E-state index contributed by atoms with van der Waals surface area (Å²) in [6, 6.07) is 34.3. The molecule has 1 aliphatic heterocycles. The minimum Gasteiger partial charge on any atom is -0.332 e. The smallest absolute Gasteiger partial charge is 0.332 e. The Morgan fingerprint density at radius 3 is 1.94 bits per heavy atom. The monoisotopic (exact) mass is 445 g/mol. The van der Waals surface area contributed by atoms with Gasteiger partial charge >= 0.3 is 5.69 Å². The van der Waals surface area contributed by atoms with Gasteiger partial charge in [0.1, 0.15) is 0 Å². The molecule has 0 unspecified atom stereocenters. The molecule has 1 fully saturated rings. The molecule has 1 heterocycles. The molecule has 164 valence electrons. The zero-order valence-electron chi connectivity index (χ0n) is 18.2. The third kappa shape index (κ3) is 3.40. The summed E-state index contributed by atoms with van der Waals surface area (Å²) in [5.74, 6) is -0.607. The van der Waals surface area contributed by atoms with Crippen molar-refractivity contribution in [2.75, 3.05) is 4.90 Å². The highest BCUT2D eigenvalue weighted by molar-refractivity contribution is 6.12. The number of rotatable bonds is 5. The second-order valence-electron chi connectivity index (χ2n) is 8.10. The van der Waals surface area contributed by atoms with E-state index in [1.165, 1.54) is 12.1 Å². The third-order valence-corrected chi connectivity index (χ3v) is 6.16. The summed E-state index contributed by atoms with van der Waals surface area (Å²) in [5, 5.41) is 12.0. The summed E-state index contributed by atoms with van der Waals surface area (Å²) in [4.78, 5) is 32.3. The largest absolute Gasteiger partial charge is 0.385 e. The molecule has 2 atom stereocenters. The van der Waals surface area contributed by atoms with Crippen molar-refractivity contribution in [3.8, 4) is 0 Å². The standard InChI is InChI=1S/C28H20N4O2/c29-31-23-18-16-21(17-19-23)26(33)30-28(22-12-6-2-7-13-22)25(20-10-4-1-5-11-20)32(27(28)34)24-14-8-3-9-15-24/h1-19,25H/p+1/t25-,28-/m1/s1. The van der Waals surface area contributed by atoms with Crippen LogP contribution in [0.5, 0.6) is 0 Å². The van der Waals surface area contributed by atoms with E-state index in [1.54, 1.807) is 17.0 Å². The summed E-state index contributed by atoms with van der Waals surface area (Å²) in [6.45, 7) is 0. The second kappa shape index (κ2) is 8.64. The number of nitrogens with one attached hydrogen (secondary N) is 1. The van der Waals surface area contributed by atoms with Gasteiger partial charge in [0.05, 0.1) is 6.04 Å². The number of hydrogen-bond acceptors (Lipinski definition) is 3. The average Bonchev–Trinajstić information content (AvgIpc) is 2.91. The SMILES string of the molecule is N#[N+]c1ccc(C(=O)N[C@@]2(c3ccccc3)C(=O)N(c3ccccc3)[C@@H]2c2ccccc2)cc1. The lowest BCUT2D eigenvalue weighted by atomic mass is 9.69. The van der Waals surface area contributed by atoms with Crippen molar-refractivity contribution >= 4 is 23.2 Å². The van der Waals surface area contributed by atoms with Gasteiger partial charge in [0, 0.05) is 23.4 Å². The molecule has 6 nitrogen and oxygen atoms in total. The maximum absolute atomic E-state index is 14.0. The Morgan fingerprint density at radius 2 is 1.35 bits per heavy atom. The molecule has 0 saturated carbocycles. The van der Waals surface area contributed by atoms with E-state index in [-0.39, 0.29) is 5.91 Å². The van der Waals surface area contributed by atoms with Crippen molar-refractivity contribution < 1.29 is 9.59 Å². The van der Waals surface area contributed by atoms with Crippen molar-refractivity contribution in [2.45, 2.75) is 11.6 Å². The van der Waals surface area contributed by atoms with Crippen molar-refractivity contribution in [3.63, 3.8) is 0 Å². The third-order valence-electron chi connectivity index (χ3n) is 6.16. The summed E-state index contributed by atoms with van der Waals surface area (Å²) in [6.07, 6.45) is 0. The minimum absolute atomic E-state index is 0.214. The van der Waals surface area contributed by atoms with Gasteiger partial charge in [-0.25, -0.2) is 0 Å². The number of anilines is 1. The number of amides is 2. The van der Waals surface area contributed by atoms with Crippen LogP contribution in [0, 0.1) is 5.39 Å². The van der Waals surface area contributed by atoms with Gasteiger partial charge in [-0.15, -0.1) is 0 Å². The van der Waals surface area contributed by atoms with Gasteiger partial charge in [0.25, 0.3) is 11.8 Å². The van der Waals surface area contributed by atoms with Crippen LogP contribution >= 0.6 is 0 Å². The van der Waals surface area contributed by atoms with Crippen LogP contribution in [0.4, 0.5) is 11.4 Å². The highest BCUT2D eigenvalue weighted by atomic mass is 16.2. The van der Waals surface area contributed by atoms with Crippen LogP contribution in [0.3, 0.4) is 0 Å². The molecule has 2 amide bonds. The predicted octanol–water partition coefficient (Wildman–Crippen LogP) is 5.58. The molecule has 6 heteroatoms. The summed E-state index contributed by atoms with van der Waals surface area (Å²) < 4.78 is 0. The zero-order chi connectivity index (χ0) is 23.5. The number of para-hydroxylation sites is 1. The minimum atomic E-state index is -1.30. The van der Waals surface area contributed by atoms with E-state index < -0.39 is 17.5 Å². The maximum atomic E-state index is 14.0. The first-order chi connectivity index (χ1) is 16.6. The van der Waals surface area contributed by atoms with E-state index in [4.69, 9.17) is 5.39 Å². The molecule has 0 aromatic heterocycles. The molecule has 0 aliphatic carbocycles. The molecule has 34 heavy (non-hydrogen) atoms. The molecular weight excluding hydrogens is 424 g/mol. The Hall–Kier alpha value is -4.76. The Morgan fingerprint density at radius 1 is 0.794 bits per heavy atom. The maximum Gasteiger partial charge on any atom is 0.385 e. The molecule has 1 N–H and O–H groups in total. The van der Waals surface area contributed by atoms with E-state index in [2.05, 4.69) is 10.3 Å². The number of nitrogens with zero attached hydrogens (tertiary/aromatic N) is 3. The molecule has 0 radical (unpaired) electrons. The Kier molecular flexibility index (Phi) is 5.36. The van der Waals surface area contributed by atoms with Crippen molar-refractivity contribution in [2.24, 2.45) is 0 Å². The van der Waals surface area contributed by atoms with Crippen LogP contribution in [0.1, 0.15) is 27.5 Å². The van der Waals surface area contributed by atoms with Crippen LogP contribution in [-0.4, -0.2) is 11.8 Å². The quantitative estimate of drug-likeness (QED) is 0.322. The van der Waals surface area contributed by atoms with Crippen LogP contribution in [0.15, 0.2) is 115 Å². The summed E-state index contributed by atoms with van der Waals surface area (Å²) >= 11 is 0. The molecular formula is C28H21N4O2+. The Bertz CT molecular complexity index is 1370. The molecule has 1 saturated heterocycles. The molecule has 4 aromatic carbocycles. The van der Waals surface area contributed by atoms with Gasteiger partial charge in [-0.1, -0.05) is 78.9 Å². The van der Waals surface area contributed by atoms with Gasteiger partial charge in [-0.05, 0) is 35.4 Å². The summed E-state index contributed by atoms with van der Waals surface area (Å²) in [7, 11) is 0. The zero-order valence-corrected chi connectivity index (χ0v) is 18.2. The van der Waals surface area contributed by atoms with Crippen LogP contribution in [0.2, 0.25) is 0 Å². The number of β-lactam (4-membered cyclic amide) rings is 1. The van der Waals surface area contributed by atoms with Crippen LogP contribution in [0.25, 0.3) is 4.98 Å². The van der Waals surface area contributed by atoms with Gasteiger partial charge in [0.2, 0.25) is 5.39 Å². The number of diazo groups is 1. The lowest BCUT2D eigenvalue weighted by molar-refractivity contribution is -0.134. The molecule has 1 aliphatic rings. The first-order valence-electron chi connectivity index (χ1n) is 10.9. The number of carbonyl (C=O) groups excluding carboxylic acids is 2. The van der Waals surface area contributed by atoms with Gasteiger partial charge in [-0.3, -0.25) is 14.5 Å². The van der Waals surface area contributed by atoms with Crippen LogP contribution < -0.4 is 10.2 Å². The lowest BCUT2D eigenvalue weighted by Crippen LogP contribution is -2.73. The van der Waals surface area contributed by atoms with E-state index in [9.17, 15) is 9.59 Å². The predicted molar refractivity (Wildman–Crippen MR) is 130 cm³/mol. The van der Waals surface area contributed by atoms with E-state index >= 15 is 0 Å².